The van der Waals surface area contributed by atoms with Crippen molar-refractivity contribution < 1.29 is 14.5 Å². The number of hydrogen-bond donors (Lipinski definition) is 0. The van der Waals surface area contributed by atoms with Gasteiger partial charge in [0.25, 0.3) is 5.91 Å². The number of methoxy groups -OCH3 is 1. The highest BCUT2D eigenvalue weighted by Crippen LogP contribution is 2.33. The maximum absolute atomic E-state index is 13.2. The number of carbonyl (C=O) groups excluding carboxylic acids is 1. The average molecular weight is 399 g/mol. The van der Waals surface area contributed by atoms with E-state index < -0.39 is 4.92 Å². The van der Waals surface area contributed by atoms with Crippen molar-refractivity contribution in [3.63, 3.8) is 0 Å². The molecule has 28 heavy (non-hydrogen) atoms. The van der Waals surface area contributed by atoms with Gasteiger partial charge in [-0.15, -0.1) is 0 Å². The zero-order valence-corrected chi connectivity index (χ0v) is 16.7. The lowest BCUT2D eigenvalue weighted by atomic mass is 10.1. The van der Waals surface area contributed by atoms with E-state index in [9.17, 15) is 14.9 Å². The lowest BCUT2D eigenvalue weighted by Crippen LogP contribution is -2.39. The minimum absolute atomic E-state index is 0.0118. The van der Waals surface area contributed by atoms with Crippen LogP contribution in [0.1, 0.15) is 29.3 Å². The molecule has 2 aromatic carbocycles. The highest BCUT2D eigenvalue weighted by molar-refractivity contribution is 8.14. The highest BCUT2D eigenvalue weighted by atomic mass is 32.2. The predicted octanol–water partition coefficient (Wildman–Crippen LogP) is 4.57. The Morgan fingerprint density at radius 1 is 1.36 bits per heavy atom. The Bertz CT molecular complexity index is 945. The molecule has 0 aromatic heterocycles. The summed E-state index contributed by atoms with van der Waals surface area (Å²) in [5, 5.41) is 11.9. The molecule has 1 saturated heterocycles. The van der Waals surface area contributed by atoms with E-state index in [1.54, 1.807) is 11.0 Å². The van der Waals surface area contributed by atoms with Crippen LogP contribution in [0.3, 0.4) is 0 Å². The number of nitro benzene ring substituents is 1. The zero-order valence-electron chi connectivity index (χ0n) is 15.9. The summed E-state index contributed by atoms with van der Waals surface area (Å²) in [4.78, 5) is 30.3. The minimum Gasteiger partial charge on any atom is -0.490 e. The number of benzene rings is 2. The Hall–Kier alpha value is -2.87. The molecule has 1 fully saturated rings. The van der Waals surface area contributed by atoms with Gasteiger partial charge in [0.05, 0.1) is 17.7 Å². The van der Waals surface area contributed by atoms with Gasteiger partial charge >= 0.3 is 5.69 Å². The van der Waals surface area contributed by atoms with Gasteiger partial charge in [-0.1, -0.05) is 30.8 Å². The van der Waals surface area contributed by atoms with Crippen LogP contribution >= 0.6 is 11.8 Å². The largest absolute Gasteiger partial charge is 0.490 e. The first-order valence-corrected chi connectivity index (χ1v) is 9.87. The van der Waals surface area contributed by atoms with Gasteiger partial charge in [-0.3, -0.25) is 19.8 Å². The van der Waals surface area contributed by atoms with Crippen LogP contribution in [0.2, 0.25) is 0 Å². The van der Waals surface area contributed by atoms with E-state index in [-0.39, 0.29) is 28.9 Å². The van der Waals surface area contributed by atoms with Crippen LogP contribution in [0.5, 0.6) is 5.75 Å². The number of amides is 1. The lowest BCUT2D eigenvalue weighted by molar-refractivity contribution is -0.385. The Morgan fingerprint density at radius 3 is 2.79 bits per heavy atom. The SMILES string of the molecule is CC[C@H]1CSC(=Nc2cccc(C)c2)N1C(=O)c1ccc(OC)c([N+](=O)[O-])c1. The monoisotopic (exact) mass is 399 g/mol. The second kappa shape index (κ2) is 8.43. The molecule has 1 atom stereocenters. The van der Waals surface area contributed by atoms with Crippen molar-refractivity contribution in [3.8, 4) is 5.75 Å². The van der Waals surface area contributed by atoms with Crippen molar-refractivity contribution >= 4 is 34.2 Å². The van der Waals surface area contributed by atoms with Crippen molar-refractivity contribution in [1.29, 1.82) is 0 Å². The molecule has 0 saturated carbocycles. The van der Waals surface area contributed by atoms with E-state index in [0.717, 1.165) is 23.4 Å². The summed E-state index contributed by atoms with van der Waals surface area (Å²) in [5.41, 5.74) is 1.87. The first-order chi connectivity index (χ1) is 13.4. The second-order valence-corrected chi connectivity index (χ2v) is 7.41. The van der Waals surface area contributed by atoms with Crippen molar-refractivity contribution in [2.75, 3.05) is 12.9 Å². The second-order valence-electron chi connectivity index (χ2n) is 6.43. The number of nitro groups is 1. The van der Waals surface area contributed by atoms with Gasteiger partial charge in [0, 0.05) is 23.4 Å². The first-order valence-electron chi connectivity index (χ1n) is 8.88. The van der Waals surface area contributed by atoms with E-state index in [0.29, 0.717) is 5.17 Å². The number of nitrogens with zero attached hydrogens (tertiary/aromatic N) is 3. The molecule has 0 radical (unpaired) electrons. The van der Waals surface area contributed by atoms with Crippen molar-refractivity contribution in [1.82, 2.24) is 4.90 Å². The molecule has 0 N–H and O–H groups in total. The Morgan fingerprint density at radius 2 is 2.14 bits per heavy atom. The molecular formula is C20H21N3O4S. The lowest BCUT2D eigenvalue weighted by Gasteiger charge is -2.23. The van der Waals surface area contributed by atoms with Gasteiger partial charge in [0.2, 0.25) is 0 Å². The Kier molecular flexibility index (Phi) is 5.99. The maximum Gasteiger partial charge on any atom is 0.311 e. The summed E-state index contributed by atoms with van der Waals surface area (Å²) < 4.78 is 5.03. The van der Waals surface area contributed by atoms with Gasteiger partial charge in [-0.2, -0.15) is 0 Å². The number of hydrogen-bond acceptors (Lipinski definition) is 6. The average Bonchev–Trinajstić information content (AvgIpc) is 3.09. The molecular weight excluding hydrogens is 378 g/mol. The van der Waals surface area contributed by atoms with Crippen molar-refractivity contribution in [3.05, 3.63) is 63.7 Å². The van der Waals surface area contributed by atoms with E-state index >= 15 is 0 Å². The minimum atomic E-state index is -0.548. The number of thioether (sulfide) groups is 1. The molecule has 1 aliphatic heterocycles. The maximum atomic E-state index is 13.2. The molecule has 146 valence electrons. The van der Waals surface area contributed by atoms with E-state index in [1.165, 1.54) is 31.0 Å². The predicted molar refractivity (Wildman–Crippen MR) is 111 cm³/mol. The summed E-state index contributed by atoms with van der Waals surface area (Å²) in [6, 6.07) is 12.0. The van der Waals surface area contributed by atoms with Crippen LogP contribution in [-0.2, 0) is 0 Å². The number of ether oxygens (including phenoxy) is 1. The molecule has 0 unspecified atom stereocenters. The van der Waals surface area contributed by atoms with Crippen molar-refractivity contribution in [2.24, 2.45) is 4.99 Å². The van der Waals surface area contributed by atoms with E-state index in [2.05, 4.69) is 4.99 Å². The molecule has 2 aromatic rings. The van der Waals surface area contributed by atoms with Gasteiger partial charge in [-0.05, 0) is 43.2 Å². The number of amidine groups is 1. The summed E-state index contributed by atoms with van der Waals surface area (Å²) >= 11 is 1.52. The molecule has 1 amide bonds. The highest BCUT2D eigenvalue weighted by Gasteiger charge is 2.35. The summed E-state index contributed by atoms with van der Waals surface area (Å²) in [6.07, 6.45) is 0.768. The van der Waals surface area contributed by atoms with Crippen molar-refractivity contribution in [2.45, 2.75) is 26.3 Å². The summed E-state index contributed by atoms with van der Waals surface area (Å²) in [6.45, 7) is 4.00. The number of carbonyl (C=O) groups is 1. The smallest absolute Gasteiger partial charge is 0.311 e. The van der Waals surface area contributed by atoms with E-state index in [4.69, 9.17) is 4.74 Å². The van der Waals surface area contributed by atoms with Crippen LogP contribution in [0, 0.1) is 17.0 Å². The number of aryl methyl sites for hydroxylation is 1. The number of aliphatic imine (C=N–C) groups is 1. The molecule has 3 rings (SSSR count). The fourth-order valence-corrected chi connectivity index (χ4v) is 4.29. The van der Waals surface area contributed by atoms with Gasteiger partial charge in [0.15, 0.2) is 10.9 Å². The van der Waals surface area contributed by atoms with E-state index in [1.807, 2.05) is 38.1 Å². The molecule has 0 bridgehead atoms. The normalized spacial score (nSPS) is 17.8. The molecule has 8 heteroatoms. The molecule has 7 nitrogen and oxygen atoms in total. The third-order valence-electron chi connectivity index (χ3n) is 4.51. The summed E-state index contributed by atoms with van der Waals surface area (Å²) in [7, 11) is 1.36. The third kappa shape index (κ3) is 4.01. The van der Waals surface area contributed by atoms with Crippen LogP contribution in [0.25, 0.3) is 0 Å². The molecule has 0 aliphatic carbocycles. The standard InChI is InChI=1S/C20H21N3O4S/c1-4-16-12-28-20(21-15-7-5-6-13(2)10-15)22(16)19(24)14-8-9-18(27-3)17(11-14)23(25)26/h5-11,16H,4,12H2,1-3H3/t16-/m0/s1. The molecule has 1 heterocycles. The summed E-state index contributed by atoms with van der Waals surface area (Å²) in [5.74, 6) is 0.567. The first kappa shape index (κ1) is 19.9. The number of rotatable bonds is 5. The fourth-order valence-electron chi connectivity index (χ4n) is 3.02. The molecule has 1 aliphatic rings. The van der Waals surface area contributed by atoms with Crippen LogP contribution < -0.4 is 4.74 Å². The Balaban J connectivity index is 1.99. The quantitative estimate of drug-likeness (QED) is 0.543. The van der Waals surface area contributed by atoms with Crippen LogP contribution in [0.15, 0.2) is 47.5 Å². The van der Waals surface area contributed by atoms with Gasteiger partial charge in [-0.25, -0.2) is 4.99 Å². The van der Waals surface area contributed by atoms with Gasteiger partial charge < -0.3 is 4.74 Å². The van der Waals surface area contributed by atoms with Crippen LogP contribution in [0.4, 0.5) is 11.4 Å². The zero-order chi connectivity index (χ0) is 20.3. The third-order valence-corrected chi connectivity index (χ3v) is 5.61. The molecule has 0 spiro atoms. The Labute approximate surface area is 167 Å². The fraction of sp³-hybridized carbons (Fsp3) is 0.300. The topological polar surface area (TPSA) is 85.0 Å². The van der Waals surface area contributed by atoms with Crippen LogP contribution in [-0.4, -0.2) is 39.8 Å². The van der Waals surface area contributed by atoms with Gasteiger partial charge in [0.1, 0.15) is 0 Å².